The fourth-order valence-corrected chi connectivity index (χ4v) is 3.23. The van der Waals surface area contributed by atoms with Crippen LogP contribution in [0.2, 0.25) is 0 Å². The molecule has 24 heavy (non-hydrogen) atoms. The van der Waals surface area contributed by atoms with Crippen molar-refractivity contribution in [3.05, 3.63) is 35.7 Å². The van der Waals surface area contributed by atoms with Gasteiger partial charge in [0.05, 0.1) is 5.54 Å². The third-order valence-corrected chi connectivity index (χ3v) is 4.87. The number of benzene rings is 1. The van der Waals surface area contributed by atoms with Crippen LogP contribution in [0.15, 0.2) is 28.8 Å². The number of nitrogens with two attached hydrogens (primary N) is 1. The highest BCUT2D eigenvalue weighted by molar-refractivity contribution is 5.85. The molecule has 2 aromatic rings. The molecule has 1 aliphatic carbocycles. The molecule has 132 valence electrons. The van der Waals surface area contributed by atoms with Crippen molar-refractivity contribution in [2.24, 2.45) is 5.73 Å². The molecule has 0 saturated heterocycles. The van der Waals surface area contributed by atoms with Gasteiger partial charge in [0.15, 0.2) is 5.82 Å². The van der Waals surface area contributed by atoms with Gasteiger partial charge in [0, 0.05) is 12.1 Å². The first kappa shape index (κ1) is 18.9. The Morgan fingerprint density at radius 1 is 1.12 bits per heavy atom. The maximum Gasteiger partial charge on any atom is 0.257 e. The van der Waals surface area contributed by atoms with Crippen LogP contribution >= 0.6 is 12.4 Å². The van der Waals surface area contributed by atoms with Gasteiger partial charge in [0.25, 0.3) is 5.89 Å². The first-order chi connectivity index (χ1) is 11.1. The smallest absolute Gasteiger partial charge is 0.257 e. The number of hydrogen-bond donors (Lipinski definition) is 1. The first-order valence-electron chi connectivity index (χ1n) is 8.59. The van der Waals surface area contributed by atoms with Crippen LogP contribution < -0.4 is 5.73 Å². The number of aromatic nitrogens is 2. The molecule has 5 nitrogen and oxygen atoms in total. The van der Waals surface area contributed by atoms with E-state index in [4.69, 9.17) is 10.3 Å². The zero-order valence-electron chi connectivity index (χ0n) is 14.5. The van der Waals surface area contributed by atoms with Crippen LogP contribution in [0, 0.1) is 0 Å². The lowest BCUT2D eigenvalue weighted by molar-refractivity contribution is 0.296. The minimum atomic E-state index is -0.398. The Labute approximate surface area is 150 Å². The summed E-state index contributed by atoms with van der Waals surface area (Å²) in [6.45, 7) is 7.45. The van der Waals surface area contributed by atoms with E-state index in [0.29, 0.717) is 11.7 Å². The lowest BCUT2D eigenvalue weighted by Gasteiger charge is -2.18. The molecule has 1 aromatic heterocycles. The highest BCUT2D eigenvalue weighted by atomic mass is 35.5. The summed E-state index contributed by atoms with van der Waals surface area (Å²) in [5.41, 5.74) is 8.24. The summed E-state index contributed by atoms with van der Waals surface area (Å²) in [7, 11) is 0. The topological polar surface area (TPSA) is 68.2 Å². The molecule has 3 rings (SSSR count). The van der Waals surface area contributed by atoms with Gasteiger partial charge in [0.2, 0.25) is 0 Å². The molecule has 0 amide bonds. The summed E-state index contributed by atoms with van der Waals surface area (Å²) in [6, 6.07) is 8.36. The van der Waals surface area contributed by atoms with Crippen LogP contribution in [0.3, 0.4) is 0 Å². The molecular formula is C18H27ClN4O. The maximum atomic E-state index is 6.39. The summed E-state index contributed by atoms with van der Waals surface area (Å²) in [6.07, 6.45) is 4.16. The largest absolute Gasteiger partial charge is 0.334 e. The predicted molar refractivity (Wildman–Crippen MR) is 97.9 cm³/mol. The van der Waals surface area contributed by atoms with E-state index in [1.807, 2.05) is 12.1 Å². The van der Waals surface area contributed by atoms with Crippen LogP contribution in [0.5, 0.6) is 0 Å². The minimum absolute atomic E-state index is 0. The Morgan fingerprint density at radius 2 is 1.75 bits per heavy atom. The quantitative estimate of drug-likeness (QED) is 0.859. The highest BCUT2D eigenvalue weighted by Crippen LogP contribution is 2.35. The molecule has 0 atom stereocenters. The second kappa shape index (κ2) is 8.10. The van der Waals surface area contributed by atoms with Crippen molar-refractivity contribution in [3.63, 3.8) is 0 Å². The van der Waals surface area contributed by atoms with Gasteiger partial charge in [-0.3, -0.25) is 4.90 Å². The molecule has 1 saturated carbocycles. The molecule has 0 spiro atoms. The summed E-state index contributed by atoms with van der Waals surface area (Å²) in [5, 5.41) is 4.12. The van der Waals surface area contributed by atoms with E-state index in [9.17, 15) is 0 Å². The van der Waals surface area contributed by atoms with E-state index >= 15 is 0 Å². The van der Waals surface area contributed by atoms with E-state index in [0.717, 1.165) is 50.9 Å². The molecule has 1 aliphatic rings. The monoisotopic (exact) mass is 350 g/mol. The van der Waals surface area contributed by atoms with Crippen LogP contribution in [-0.4, -0.2) is 28.1 Å². The number of rotatable bonds is 6. The van der Waals surface area contributed by atoms with Gasteiger partial charge in [-0.05, 0) is 43.6 Å². The van der Waals surface area contributed by atoms with Crippen molar-refractivity contribution in [1.29, 1.82) is 0 Å². The number of halogens is 1. The second-order valence-corrected chi connectivity index (χ2v) is 6.44. The van der Waals surface area contributed by atoms with Crippen LogP contribution in [0.4, 0.5) is 0 Å². The molecule has 1 fully saturated rings. The van der Waals surface area contributed by atoms with Gasteiger partial charge in [-0.25, -0.2) is 0 Å². The van der Waals surface area contributed by atoms with E-state index in [1.165, 1.54) is 5.56 Å². The Hall–Kier alpha value is -1.43. The predicted octanol–water partition coefficient (Wildman–Crippen LogP) is 3.73. The molecule has 0 radical (unpaired) electrons. The summed E-state index contributed by atoms with van der Waals surface area (Å²) < 4.78 is 5.44. The average molecular weight is 351 g/mol. The molecule has 0 bridgehead atoms. The molecule has 2 N–H and O–H groups in total. The Morgan fingerprint density at radius 3 is 2.33 bits per heavy atom. The molecule has 1 aromatic carbocycles. The van der Waals surface area contributed by atoms with Gasteiger partial charge < -0.3 is 10.3 Å². The van der Waals surface area contributed by atoms with E-state index in [-0.39, 0.29) is 12.4 Å². The molecule has 0 aliphatic heterocycles. The van der Waals surface area contributed by atoms with Gasteiger partial charge in [-0.2, -0.15) is 4.98 Å². The Kier molecular flexibility index (Phi) is 6.38. The normalized spacial score (nSPS) is 16.3. The summed E-state index contributed by atoms with van der Waals surface area (Å²) in [4.78, 5) is 6.93. The van der Waals surface area contributed by atoms with Gasteiger partial charge in [0.1, 0.15) is 0 Å². The standard InChI is InChI=1S/C18H26N4O.ClH/c1-3-22(4-2)13-14-7-9-15(10-8-14)16-20-17(21-23-16)18(19)11-5-6-12-18;/h7-10H,3-6,11-13,19H2,1-2H3;1H. The first-order valence-corrected chi connectivity index (χ1v) is 8.59. The molecule has 0 unspecified atom stereocenters. The zero-order valence-corrected chi connectivity index (χ0v) is 15.3. The lowest BCUT2D eigenvalue weighted by atomic mass is 9.98. The van der Waals surface area contributed by atoms with E-state index in [2.05, 4.69) is 41.0 Å². The van der Waals surface area contributed by atoms with Crippen molar-refractivity contribution in [1.82, 2.24) is 15.0 Å². The third-order valence-electron chi connectivity index (χ3n) is 4.87. The highest BCUT2D eigenvalue weighted by Gasteiger charge is 2.36. The number of hydrogen-bond acceptors (Lipinski definition) is 5. The van der Waals surface area contributed by atoms with Crippen molar-refractivity contribution in [2.45, 2.75) is 51.6 Å². The van der Waals surface area contributed by atoms with Crippen molar-refractivity contribution >= 4 is 12.4 Å². The fourth-order valence-electron chi connectivity index (χ4n) is 3.23. The summed E-state index contributed by atoms with van der Waals surface area (Å²) in [5.74, 6) is 1.21. The Bertz CT molecular complexity index is 631. The van der Waals surface area contributed by atoms with Crippen molar-refractivity contribution in [3.8, 4) is 11.5 Å². The van der Waals surface area contributed by atoms with Crippen molar-refractivity contribution < 1.29 is 4.52 Å². The minimum Gasteiger partial charge on any atom is -0.334 e. The molecule has 1 heterocycles. The van der Waals surface area contributed by atoms with E-state index in [1.54, 1.807) is 0 Å². The van der Waals surface area contributed by atoms with Crippen LogP contribution in [-0.2, 0) is 12.1 Å². The maximum absolute atomic E-state index is 6.39. The summed E-state index contributed by atoms with van der Waals surface area (Å²) >= 11 is 0. The van der Waals surface area contributed by atoms with Crippen molar-refractivity contribution in [2.75, 3.05) is 13.1 Å². The van der Waals surface area contributed by atoms with Gasteiger partial charge >= 0.3 is 0 Å². The van der Waals surface area contributed by atoms with Crippen LogP contribution in [0.1, 0.15) is 50.9 Å². The third kappa shape index (κ3) is 3.97. The average Bonchev–Trinajstić information content (AvgIpc) is 3.23. The van der Waals surface area contributed by atoms with Crippen LogP contribution in [0.25, 0.3) is 11.5 Å². The van der Waals surface area contributed by atoms with Gasteiger partial charge in [-0.1, -0.05) is 44.0 Å². The second-order valence-electron chi connectivity index (χ2n) is 6.44. The SMILES string of the molecule is CCN(CC)Cc1ccc(-c2nc(C3(N)CCCC3)no2)cc1.Cl. The number of nitrogens with zero attached hydrogens (tertiary/aromatic N) is 3. The Balaban J connectivity index is 0.00000208. The lowest BCUT2D eigenvalue weighted by Crippen LogP contribution is -2.34. The zero-order chi connectivity index (χ0) is 16.3. The van der Waals surface area contributed by atoms with E-state index < -0.39 is 5.54 Å². The molecule has 6 heteroatoms. The fraction of sp³-hybridized carbons (Fsp3) is 0.556. The van der Waals surface area contributed by atoms with Gasteiger partial charge in [-0.15, -0.1) is 12.4 Å². The molecular weight excluding hydrogens is 324 g/mol.